The number of sulfonamides is 1. The summed E-state index contributed by atoms with van der Waals surface area (Å²) < 4.78 is 99.6. The first-order valence-electron chi connectivity index (χ1n) is 13.4. The van der Waals surface area contributed by atoms with Crippen molar-refractivity contribution in [2.24, 2.45) is 0 Å². The number of alkyl halides is 3. The van der Waals surface area contributed by atoms with Gasteiger partial charge in [0.1, 0.15) is 5.75 Å². The first kappa shape index (κ1) is 31.2. The molecule has 0 aliphatic carbocycles. The lowest BCUT2D eigenvalue weighted by Crippen LogP contribution is -2.66. The number of nitrogens with zero attached hydrogens (tertiary/aromatic N) is 3. The van der Waals surface area contributed by atoms with Crippen molar-refractivity contribution >= 4 is 31.6 Å². The number of rotatable bonds is 7. The van der Waals surface area contributed by atoms with Crippen molar-refractivity contribution in [2.45, 2.75) is 42.3 Å². The molecule has 3 aromatic carbocycles. The Balaban J connectivity index is 1.55. The molecule has 1 saturated heterocycles. The first-order chi connectivity index (χ1) is 20.2. The van der Waals surface area contributed by atoms with Crippen LogP contribution in [0.5, 0.6) is 5.75 Å². The number of benzene rings is 3. The van der Waals surface area contributed by atoms with Crippen LogP contribution in [0.2, 0.25) is 0 Å². The van der Waals surface area contributed by atoms with Crippen LogP contribution >= 0.6 is 0 Å². The smallest absolute Gasteiger partial charge is 0.406 e. The molecule has 0 amide bonds. The summed E-state index contributed by atoms with van der Waals surface area (Å²) in [5.41, 5.74) is 3.50. The summed E-state index contributed by atoms with van der Waals surface area (Å²) in [6, 6.07) is 16.5. The van der Waals surface area contributed by atoms with E-state index in [2.05, 4.69) is 9.46 Å². The molecule has 2 aliphatic heterocycles. The van der Waals surface area contributed by atoms with Crippen LogP contribution in [0.4, 0.5) is 24.5 Å². The molecule has 0 spiro atoms. The second kappa shape index (κ2) is 11.7. The number of piperidine rings is 1. The first-order valence-corrected chi connectivity index (χ1v) is 16.2. The average molecular weight is 641 g/mol. The molecule has 3 atom stereocenters. The molecule has 43 heavy (non-hydrogen) atoms. The number of anilines is 2. The standard InChI is InChI=1S/C28H31F3N4O6S2/c1-33(2)43(39,40)34-17-23(32-42(37,38)22-15-13-21(14-16-22)41-28(29,30)31)27(36)26(18-34)35-24-9-5-3-7-19(24)11-12-20-8-4-6-10-25(20)35/h3-10,13-16,23,26-27,32,36H,11-12,17-18H2,1-2H3/t23-,26?,27+/m1/s1. The molecule has 0 bridgehead atoms. The van der Waals surface area contributed by atoms with E-state index in [4.69, 9.17) is 0 Å². The van der Waals surface area contributed by atoms with E-state index in [1.165, 1.54) is 14.1 Å². The highest BCUT2D eigenvalue weighted by atomic mass is 32.2. The van der Waals surface area contributed by atoms with Gasteiger partial charge in [0.05, 0.1) is 23.1 Å². The zero-order chi connectivity index (χ0) is 31.2. The summed E-state index contributed by atoms with van der Waals surface area (Å²) in [4.78, 5) is 1.49. The van der Waals surface area contributed by atoms with Gasteiger partial charge in [0, 0.05) is 38.6 Å². The molecule has 3 aromatic rings. The number of hydrogen-bond donors (Lipinski definition) is 2. The molecular formula is C28H31F3N4O6S2. The van der Waals surface area contributed by atoms with Gasteiger partial charge in [-0.2, -0.15) is 17.0 Å². The van der Waals surface area contributed by atoms with Gasteiger partial charge in [0.25, 0.3) is 10.2 Å². The van der Waals surface area contributed by atoms with Crippen molar-refractivity contribution in [3.05, 3.63) is 83.9 Å². The molecule has 0 aromatic heterocycles. The average Bonchev–Trinajstić information content (AvgIpc) is 3.10. The number of aliphatic hydroxyl groups excluding tert-OH is 1. The van der Waals surface area contributed by atoms with Crippen molar-refractivity contribution < 1.29 is 39.9 Å². The van der Waals surface area contributed by atoms with E-state index in [0.717, 1.165) is 55.4 Å². The second-order valence-corrected chi connectivity index (χ2v) is 14.4. The van der Waals surface area contributed by atoms with Crippen LogP contribution in [-0.4, -0.2) is 82.3 Å². The normalized spacial score (nSPS) is 21.7. The predicted molar refractivity (Wildman–Crippen MR) is 154 cm³/mol. The highest BCUT2D eigenvalue weighted by molar-refractivity contribution is 7.89. The summed E-state index contributed by atoms with van der Waals surface area (Å²) in [7, 11) is -5.78. The number of aliphatic hydroxyl groups is 1. The van der Waals surface area contributed by atoms with Crippen LogP contribution in [0.1, 0.15) is 11.1 Å². The SMILES string of the molecule is CN(C)S(=O)(=O)N1CC(N2c3ccccc3CCc3ccccc32)[C@@H](O)[C@H](NS(=O)(=O)c2ccc(OC(F)(F)F)cc2)C1. The third-order valence-electron chi connectivity index (χ3n) is 7.56. The van der Waals surface area contributed by atoms with E-state index in [1.54, 1.807) is 0 Å². The fourth-order valence-corrected chi connectivity index (χ4v) is 7.90. The van der Waals surface area contributed by atoms with Crippen molar-refractivity contribution in [1.29, 1.82) is 0 Å². The molecule has 1 unspecified atom stereocenters. The van der Waals surface area contributed by atoms with Gasteiger partial charge in [0.2, 0.25) is 10.0 Å². The predicted octanol–water partition coefficient (Wildman–Crippen LogP) is 3.02. The number of halogens is 3. The molecule has 0 saturated carbocycles. The van der Waals surface area contributed by atoms with E-state index in [0.29, 0.717) is 12.8 Å². The van der Waals surface area contributed by atoms with E-state index < -0.39 is 50.5 Å². The highest BCUT2D eigenvalue weighted by Crippen LogP contribution is 2.40. The summed E-state index contributed by atoms with van der Waals surface area (Å²) >= 11 is 0. The summed E-state index contributed by atoms with van der Waals surface area (Å²) in [5, 5.41) is 11.8. The number of aryl methyl sites for hydroxylation is 2. The van der Waals surface area contributed by atoms with Gasteiger partial charge in [-0.05, 0) is 60.4 Å². The molecule has 0 radical (unpaired) electrons. The van der Waals surface area contributed by atoms with Crippen LogP contribution in [0.25, 0.3) is 0 Å². The Bertz CT molecular complexity index is 1640. The minimum absolute atomic E-state index is 0.147. The maximum Gasteiger partial charge on any atom is 0.573 e. The van der Waals surface area contributed by atoms with E-state index in [9.17, 15) is 35.1 Å². The second-order valence-electron chi connectivity index (χ2n) is 10.5. The third kappa shape index (κ3) is 6.51. The molecule has 10 nitrogen and oxygen atoms in total. The van der Waals surface area contributed by atoms with Crippen LogP contribution in [0, 0.1) is 0 Å². The largest absolute Gasteiger partial charge is 0.573 e. The number of para-hydroxylation sites is 2. The number of hydrogen-bond acceptors (Lipinski definition) is 7. The Morgan fingerprint density at radius 1 is 0.860 bits per heavy atom. The van der Waals surface area contributed by atoms with Crippen LogP contribution < -0.4 is 14.4 Å². The van der Waals surface area contributed by atoms with Crippen LogP contribution in [-0.2, 0) is 33.1 Å². The topological polar surface area (TPSA) is 119 Å². The van der Waals surface area contributed by atoms with Gasteiger partial charge in [0.15, 0.2) is 0 Å². The van der Waals surface area contributed by atoms with Gasteiger partial charge in [-0.25, -0.2) is 13.1 Å². The zero-order valence-corrected chi connectivity index (χ0v) is 24.9. The summed E-state index contributed by atoms with van der Waals surface area (Å²) in [6.45, 7) is -0.532. The minimum atomic E-state index is -4.95. The lowest BCUT2D eigenvalue weighted by Gasteiger charge is -2.46. The molecular weight excluding hydrogens is 609 g/mol. The van der Waals surface area contributed by atoms with E-state index in [1.807, 2.05) is 53.4 Å². The molecule has 232 valence electrons. The third-order valence-corrected chi connectivity index (χ3v) is 10.9. The Labute approximate surface area is 248 Å². The lowest BCUT2D eigenvalue weighted by molar-refractivity contribution is -0.274. The molecule has 2 N–H and O–H groups in total. The van der Waals surface area contributed by atoms with E-state index in [-0.39, 0.29) is 18.0 Å². The summed E-state index contributed by atoms with van der Waals surface area (Å²) in [6.07, 6.45) is -4.94. The quantitative estimate of drug-likeness (QED) is 0.408. The van der Waals surface area contributed by atoms with Gasteiger partial charge in [-0.1, -0.05) is 36.4 Å². The minimum Gasteiger partial charge on any atom is -0.406 e. The Morgan fingerprint density at radius 2 is 1.40 bits per heavy atom. The van der Waals surface area contributed by atoms with Crippen molar-refractivity contribution in [3.8, 4) is 5.75 Å². The Hall–Kier alpha value is -3.21. The van der Waals surface area contributed by atoms with Gasteiger partial charge in [-0.3, -0.25) is 0 Å². The van der Waals surface area contributed by atoms with Crippen molar-refractivity contribution in [1.82, 2.24) is 13.3 Å². The number of ether oxygens (including phenoxy) is 1. The number of fused-ring (bicyclic) bond motifs is 2. The molecule has 15 heteroatoms. The van der Waals surface area contributed by atoms with Crippen LogP contribution in [0.15, 0.2) is 77.7 Å². The zero-order valence-electron chi connectivity index (χ0n) is 23.3. The monoisotopic (exact) mass is 640 g/mol. The Morgan fingerprint density at radius 3 is 1.91 bits per heavy atom. The van der Waals surface area contributed by atoms with Gasteiger partial charge in [-0.15, -0.1) is 13.2 Å². The fourth-order valence-electron chi connectivity index (χ4n) is 5.51. The van der Waals surface area contributed by atoms with Gasteiger partial charge >= 0.3 is 6.36 Å². The fraction of sp³-hybridized carbons (Fsp3) is 0.357. The molecule has 1 fully saturated rings. The van der Waals surface area contributed by atoms with Crippen molar-refractivity contribution in [2.75, 3.05) is 32.1 Å². The van der Waals surface area contributed by atoms with E-state index >= 15 is 0 Å². The number of nitrogens with one attached hydrogen (secondary N) is 1. The lowest BCUT2D eigenvalue weighted by atomic mass is 9.96. The molecule has 2 aliphatic rings. The molecule has 5 rings (SSSR count). The summed E-state index contributed by atoms with van der Waals surface area (Å²) in [5.74, 6) is -0.606. The van der Waals surface area contributed by atoms with Crippen molar-refractivity contribution in [3.63, 3.8) is 0 Å². The van der Waals surface area contributed by atoms with Crippen LogP contribution in [0.3, 0.4) is 0 Å². The highest BCUT2D eigenvalue weighted by Gasteiger charge is 2.46. The maximum absolute atomic E-state index is 13.4. The van der Waals surface area contributed by atoms with Gasteiger partial charge < -0.3 is 14.7 Å². The Kier molecular flexibility index (Phi) is 8.50. The maximum atomic E-state index is 13.4. The molecule has 2 heterocycles.